The first-order chi connectivity index (χ1) is 8.61. The molecule has 0 amide bonds. The summed E-state index contributed by atoms with van der Waals surface area (Å²) >= 11 is 9.91. The van der Waals surface area contributed by atoms with Crippen LogP contribution in [0.1, 0.15) is 29.4 Å². The molecule has 1 aromatic carbocycles. The fourth-order valence-corrected chi connectivity index (χ4v) is 2.41. The van der Waals surface area contributed by atoms with Crippen molar-refractivity contribution in [3.8, 4) is 5.75 Å². The summed E-state index contributed by atoms with van der Waals surface area (Å²) in [5.41, 5.74) is 0.905. The van der Waals surface area contributed by atoms with Gasteiger partial charge in [-0.15, -0.1) is 11.6 Å². The maximum atomic E-state index is 6.46. The van der Waals surface area contributed by atoms with Gasteiger partial charge in [0.25, 0.3) is 0 Å². The van der Waals surface area contributed by atoms with Crippen LogP contribution in [0, 0.1) is 6.92 Å². The van der Waals surface area contributed by atoms with Gasteiger partial charge in [0, 0.05) is 10.0 Å². The monoisotopic (exact) mass is 328 g/mol. The first kappa shape index (κ1) is 13.5. The van der Waals surface area contributed by atoms with Crippen molar-refractivity contribution >= 4 is 27.5 Å². The highest BCUT2D eigenvalue weighted by Gasteiger charge is 2.19. The lowest BCUT2D eigenvalue weighted by atomic mass is 10.1. The van der Waals surface area contributed by atoms with Gasteiger partial charge in [0.1, 0.15) is 22.6 Å². The number of halogens is 2. The summed E-state index contributed by atoms with van der Waals surface area (Å²) < 4.78 is 12.1. The molecule has 2 aromatic rings. The number of aryl methyl sites for hydroxylation is 1. The van der Waals surface area contributed by atoms with E-state index >= 15 is 0 Å². The van der Waals surface area contributed by atoms with Gasteiger partial charge in [-0.3, -0.25) is 0 Å². The molecule has 0 aliphatic carbocycles. The van der Waals surface area contributed by atoms with Crippen LogP contribution in [-0.4, -0.2) is 6.61 Å². The van der Waals surface area contributed by atoms with E-state index in [0.717, 1.165) is 27.3 Å². The molecule has 0 spiro atoms. The van der Waals surface area contributed by atoms with Crippen molar-refractivity contribution in [1.82, 2.24) is 0 Å². The van der Waals surface area contributed by atoms with Crippen molar-refractivity contribution in [2.45, 2.75) is 19.2 Å². The highest BCUT2D eigenvalue weighted by atomic mass is 79.9. The van der Waals surface area contributed by atoms with Gasteiger partial charge in [-0.2, -0.15) is 0 Å². The molecule has 2 nitrogen and oxygen atoms in total. The zero-order valence-corrected chi connectivity index (χ0v) is 12.6. The molecule has 4 heteroatoms. The second kappa shape index (κ2) is 5.81. The van der Waals surface area contributed by atoms with Crippen LogP contribution >= 0.6 is 27.5 Å². The second-order valence-electron chi connectivity index (χ2n) is 3.93. The Morgan fingerprint density at radius 3 is 2.72 bits per heavy atom. The number of hydrogen-bond donors (Lipinski definition) is 0. The first-order valence-corrected chi connectivity index (χ1v) is 6.97. The van der Waals surface area contributed by atoms with Crippen molar-refractivity contribution in [3.63, 3.8) is 0 Å². The van der Waals surface area contributed by atoms with E-state index < -0.39 is 0 Å². The molecule has 0 saturated carbocycles. The van der Waals surface area contributed by atoms with Crippen molar-refractivity contribution in [1.29, 1.82) is 0 Å². The summed E-state index contributed by atoms with van der Waals surface area (Å²) in [5.74, 6) is 2.37. The van der Waals surface area contributed by atoms with Crippen molar-refractivity contribution in [3.05, 3.63) is 51.9 Å². The van der Waals surface area contributed by atoms with Crippen LogP contribution < -0.4 is 4.74 Å². The molecule has 0 saturated heterocycles. The molecule has 1 unspecified atom stereocenters. The zero-order chi connectivity index (χ0) is 13.1. The van der Waals surface area contributed by atoms with Gasteiger partial charge >= 0.3 is 0 Å². The summed E-state index contributed by atoms with van der Waals surface area (Å²) in [6.45, 7) is 4.46. The Morgan fingerprint density at radius 1 is 1.33 bits per heavy atom. The minimum absolute atomic E-state index is 0.349. The van der Waals surface area contributed by atoms with Crippen LogP contribution in [0.5, 0.6) is 5.75 Å². The summed E-state index contributed by atoms with van der Waals surface area (Å²) in [6.07, 6.45) is 0. The van der Waals surface area contributed by atoms with E-state index in [9.17, 15) is 0 Å². The van der Waals surface area contributed by atoms with Gasteiger partial charge in [-0.25, -0.2) is 0 Å². The Labute approximate surface area is 120 Å². The number of benzene rings is 1. The van der Waals surface area contributed by atoms with Crippen molar-refractivity contribution in [2.24, 2.45) is 0 Å². The van der Waals surface area contributed by atoms with E-state index in [-0.39, 0.29) is 5.38 Å². The average molecular weight is 330 g/mol. The second-order valence-corrected chi connectivity index (χ2v) is 5.28. The van der Waals surface area contributed by atoms with Gasteiger partial charge in [-0.1, -0.05) is 15.9 Å². The minimum Gasteiger partial charge on any atom is -0.494 e. The predicted octanol–water partition coefficient (Wildman–Crippen LogP) is 5.08. The quantitative estimate of drug-likeness (QED) is 0.730. The molecule has 18 heavy (non-hydrogen) atoms. The third-order valence-electron chi connectivity index (χ3n) is 2.56. The van der Waals surface area contributed by atoms with Gasteiger partial charge < -0.3 is 9.15 Å². The molecule has 1 aromatic heterocycles. The summed E-state index contributed by atoms with van der Waals surface area (Å²) in [7, 11) is 0. The van der Waals surface area contributed by atoms with E-state index in [0.29, 0.717) is 6.61 Å². The molecule has 0 bridgehead atoms. The third-order valence-corrected chi connectivity index (χ3v) is 3.50. The van der Waals surface area contributed by atoms with E-state index in [1.54, 1.807) is 0 Å². The minimum atomic E-state index is -0.349. The molecule has 2 rings (SSSR count). The van der Waals surface area contributed by atoms with Gasteiger partial charge in [0.05, 0.1) is 6.61 Å². The molecular weight excluding hydrogens is 316 g/mol. The van der Waals surface area contributed by atoms with Gasteiger partial charge in [0.15, 0.2) is 0 Å². The van der Waals surface area contributed by atoms with Crippen LogP contribution in [0.4, 0.5) is 0 Å². The largest absolute Gasteiger partial charge is 0.494 e. The maximum Gasteiger partial charge on any atom is 0.126 e. The smallest absolute Gasteiger partial charge is 0.126 e. The van der Waals surface area contributed by atoms with Crippen molar-refractivity contribution in [2.75, 3.05) is 6.61 Å². The van der Waals surface area contributed by atoms with E-state index in [1.807, 2.05) is 44.2 Å². The number of ether oxygens (including phenoxy) is 1. The fraction of sp³-hybridized carbons (Fsp3) is 0.286. The molecular formula is C14H14BrClO2. The van der Waals surface area contributed by atoms with E-state index in [4.69, 9.17) is 20.8 Å². The van der Waals surface area contributed by atoms with Crippen LogP contribution in [0.2, 0.25) is 0 Å². The predicted molar refractivity (Wildman–Crippen MR) is 76.5 cm³/mol. The lowest BCUT2D eigenvalue weighted by molar-refractivity contribution is 0.335. The summed E-state index contributed by atoms with van der Waals surface area (Å²) in [6, 6.07) is 9.60. The summed E-state index contributed by atoms with van der Waals surface area (Å²) in [4.78, 5) is 0. The van der Waals surface area contributed by atoms with Crippen LogP contribution in [0.3, 0.4) is 0 Å². The average Bonchev–Trinajstić information content (AvgIpc) is 2.77. The molecule has 0 aliphatic heterocycles. The highest BCUT2D eigenvalue weighted by Crippen LogP contribution is 2.37. The molecule has 0 fully saturated rings. The Morgan fingerprint density at radius 2 is 2.11 bits per heavy atom. The first-order valence-electron chi connectivity index (χ1n) is 5.74. The topological polar surface area (TPSA) is 22.4 Å². The van der Waals surface area contributed by atoms with Crippen LogP contribution in [0.15, 0.2) is 39.2 Å². The number of hydrogen-bond acceptors (Lipinski definition) is 2. The van der Waals surface area contributed by atoms with E-state index in [1.165, 1.54) is 0 Å². The molecule has 0 radical (unpaired) electrons. The Bertz CT molecular complexity index is 536. The molecule has 1 atom stereocenters. The van der Waals surface area contributed by atoms with E-state index in [2.05, 4.69) is 15.9 Å². The Balaban J connectivity index is 2.39. The highest BCUT2D eigenvalue weighted by molar-refractivity contribution is 9.10. The lowest BCUT2D eigenvalue weighted by Crippen LogP contribution is -1.99. The van der Waals surface area contributed by atoms with Crippen LogP contribution in [0.25, 0.3) is 0 Å². The SMILES string of the molecule is CCOc1ccc(Br)cc1C(Cl)c1ccc(C)o1. The van der Waals surface area contributed by atoms with Gasteiger partial charge in [-0.05, 0) is 44.2 Å². The van der Waals surface area contributed by atoms with Crippen LogP contribution in [-0.2, 0) is 0 Å². The standard InChI is InChI=1S/C14H14BrClO2/c1-3-17-12-7-5-10(15)8-11(12)14(16)13-6-4-9(2)18-13/h4-8,14H,3H2,1-2H3. The molecule has 96 valence electrons. The fourth-order valence-electron chi connectivity index (χ4n) is 1.75. The normalized spacial score (nSPS) is 12.4. The number of rotatable bonds is 4. The summed E-state index contributed by atoms with van der Waals surface area (Å²) in [5, 5.41) is -0.349. The third kappa shape index (κ3) is 2.90. The number of alkyl halides is 1. The lowest BCUT2D eigenvalue weighted by Gasteiger charge is -2.14. The molecule has 0 N–H and O–H groups in total. The Hall–Kier alpha value is -0.930. The zero-order valence-electron chi connectivity index (χ0n) is 10.2. The maximum absolute atomic E-state index is 6.46. The number of furan rings is 1. The molecule has 0 aliphatic rings. The van der Waals surface area contributed by atoms with Gasteiger partial charge in [0.2, 0.25) is 0 Å². The van der Waals surface area contributed by atoms with Crippen molar-refractivity contribution < 1.29 is 9.15 Å². The molecule has 1 heterocycles. The Kier molecular flexibility index (Phi) is 4.36.